The van der Waals surface area contributed by atoms with Gasteiger partial charge < -0.3 is 4.57 Å². The first-order valence-corrected chi connectivity index (χ1v) is 5.38. The van der Waals surface area contributed by atoms with Gasteiger partial charge in [-0.2, -0.15) is 0 Å². The van der Waals surface area contributed by atoms with Crippen LogP contribution >= 0.6 is 0 Å². The second-order valence-corrected chi connectivity index (χ2v) is 4.16. The minimum Gasteiger partial charge on any atom is -0.311 e. The van der Waals surface area contributed by atoms with E-state index in [1.807, 2.05) is 12.3 Å². The normalized spacial score (nSPS) is 10.4. The van der Waals surface area contributed by atoms with E-state index < -0.39 is 0 Å². The van der Waals surface area contributed by atoms with E-state index in [4.69, 9.17) is 0 Å². The first-order valence-electron chi connectivity index (χ1n) is 5.38. The quantitative estimate of drug-likeness (QED) is 0.751. The molecule has 82 valence electrons. The zero-order chi connectivity index (χ0) is 11.5. The molecular formula is C14H15NO. The Morgan fingerprint density at radius 2 is 1.75 bits per heavy atom. The van der Waals surface area contributed by atoms with Crippen molar-refractivity contribution in [2.24, 2.45) is 0 Å². The molecule has 0 saturated heterocycles. The molecular weight excluding hydrogens is 198 g/mol. The van der Waals surface area contributed by atoms with Crippen LogP contribution in [-0.2, 0) is 6.54 Å². The van der Waals surface area contributed by atoms with Crippen molar-refractivity contribution in [1.82, 2.24) is 4.57 Å². The lowest BCUT2D eigenvalue weighted by Gasteiger charge is -2.07. The molecule has 0 saturated carbocycles. The van der Waals surface area contributed by atoms with Crippen molar-refractivity contribution in [3.8, 4) is 0 Å². The van der Waals surface area contributed by atoms with Crippen molar-refractivity contribution in [2.45, 2.75) is 20.4 Å². The summed E-state index contributed by atoms with van der Waals surface area (Å²) < 4.78 is 1.72. The molecule has 0 spiro atoms. The molecule has 0 aliphatic heterocycles. The summed E-state index contributed by atoms with van der Waals surface area (Å²) in [5, 5.41) is 0. The summed E-state index contributed by atoms with van der Waals surface area (Å²) >= 11 is 0. The van der Waals surface area contributed by atoms with E-state index in [0.29, 0.717) is 6.54 Å². The Balaban J connectivity index is 2.34. The molecule has 0 aliphatic carbocycles. The summed E-state index contributed by atoms with van der Waals surface area (Å²) in [7, 11) is 0. The largest absolute Gasteiger partial charge is 0.311 e. The predicted octanol–water partition coefficient (Wildman–Crippen LogP) is 2.51. The molecule has 1 heterocycles. The van der Waals surface area contributed by atoms with E-state index in [1.165, 1.54) is 16.7 Å². The van der Waals surface area contributed by atoms with Crippen LogP contribution in [0.1, 0.15) is 16.7 Å². The van der Waals surface area contributed by atoms with E-state index >= 15 is 0 Å². The van der Waals surface area contributed by atoms with E-state index in [0.717, 1.165) is 0 Å². The van der Waals surface area contributed by atoms with Crippen molar-refractivity contribution < 1.29 is 0 Å². The third-order valence-corrected chi connectivity index (χ3v) is 2.53. The van der Waals surface area contributed by atoms with Crippen molar-refractivity contribution in [3.63, 3.8) is 0 Å². The number of benzene rings is 1. The Hall–Kier alpha value is -1.83. The van der Waals surface area contributed by atoms with E-state index in [1.54, 1.807) is 16.7 Å². The lowest BCUT2D eigenvalue weighted by Crippen LogP contribution is -2.18. The lowest BCUT2D eigenvalue weighted by molar-refractivity contribution is 0.758. The molecule has 0 N–H and O–H groups in total. The fourth-order valence-corrected chi connectivity index (χ4v) is 1.95. The Labute approximate surface area is 95.2 Å². The highest BCUT2D eigenvalue weighted by atomic mass is 16.1. The molecule has 0 fully saturated rings. The topological polar surface area (TPSA) is 22.0 Å². The second-order valence-electron chi connectivity index (χ2n) is 4.16. The van der Waals surface area contributed by atoms with Crippen LogP contribution in [0.2, 0.25) is 0 Å². The summed E-state index contributed by atoms with van der Waals surface area (Å²) in [5.74, 6) is 0. The van der Waals surface area contributed by atoms with Crippen LogP contribution in [0.3, 0.4) is 0 Å². The fraction of sp³-hybridized carbons (Fsp3) is 0.214. The van der Waals surface area contributed by atoms with E-state index in [2.05, 4.69) is 32.0 Å². The van der Waals surface area contributed by atoms with Crippen LogP contribution < -0.4 is 5.56 Å². The SMILES string of the molecule is Cc1cc(C)cc(Cn2ccccc2=O)c1. The highest BCUT2D eigenvalue weighted by Crippen LogP contribution is 2.09. The van der Waals surface area contributed by atoms with Gasteiger partial charge in [-0.25, -0.2) is 0 Å². The number of hydrogen-bond donors (Lipinski definition) is 0. The minimum atomic E-state index is 0.0432. The Kier molecular flexibility index (Phi) is 2.91. The fourth-order valence-electron chi connectivity index (χ4n) is 1.95. The maximum absolute atomic E-state index is 11.6. The van der Waals surface area contributed by atoms with Crippen molar-refractivity contribution in [2.75, 3.05) is 0 Å². The molecule has 0 unspecified atom stereocenters. The van der Waals surface area contributed by atoms with Gasteiger partial charge in [-0.1, -0.05) is 35.4 Å². The molecule has 0 amide bonds. The van der Waals surface area contributed by atoms with Gasteiger partial charge in [-0.05, 0) is 25.5 Å². The van der Waals surface area contributed by atoms with Gasteiger partial charge in [0.25, 0.3) is 5.56 Å². The second kappa shape index (κ2) is 4.35. The van der Waals surface area contributed by atoms with Crippen LogP contribution in [0.15, 0.2) is 47.4 Å². The van der Waals surface area contributed by atoms with E-state index in [9.17, 15) is 4.79 Å². The smallest absolute Gasteiger partial charge is 0.250 e. The molecule has 2 heteroatoms. The zero-order valence-electron chi connectivity index (χ0n) is 9.60. The summed E-state index contributed by atoms with van der Waals surface area (Å²) in [6, 6.07) is 11.6. The van der Waals surface area contributed by atoms with Crippen LogP contribution in [0.25, 0.3) is 0 Å². The molecule has 16 heavy (non-hydrogen) atoms. The molecule has 0 aliphatic rings. The third-order valence-electron chi connectivity index (χ3n) is 2.53. The number of hydrogen-bond acceptors (Lipinski definition) is 1. The first kappa shape index (κ1) is 10.7. The molecule has 2 nitrogen and oxygen atoms in total. The number of aryl methyl sites for hydroxylation is 2. The average Bonchev–Trinajstić information content (AvgIpc) is 2.20. The van der Waals surface area contributed by atoms with Crippen LogP contribution in [0.5, 0.6) is 0 Å². The van der Waals surface area contributed by atoms with Crippen LogP contribution in [-0.4, -0.2) is 4.57 Å². The van der Waals surface area contributed by atoms with Crippen LogP contribution in [0.4, 0.5) is 0 Å². The first-order chi connectivity index (χ1) is 7.65. The van der Waals surface area contributed by atoms with E-state index in [-0.39, 0.29) is 5.56 Å². The minimum absolute atomic E-state index is 0.0432. The summed E-state index contributed by atoms with van der Waals surface area (Å²) in [6.45, 7) is 4.79. The van der Waals surface area contributed by atoms with Gasteiger partial charge in [0.1, 0.15) is 0 Å². The average molecular weight is 213 g/mol. The number of pyridine rings is 1. The maximum Gasteiger partial charge on any atom is 0.250 e. The van der Waals surface area contributed by atoms with Gasteiger partial charge in [0.15, 0.2) is 0 Å². The number of nitrogens with zero attached hydrogens (tertiary/aromatic N) is 1. The number of rotatable bonds is 2. The van der Waals surface area contributed by atoms with Crippen molar-refractivity contribution in [3.05, 3.63) is 69.6 Å². The Bertz CT molecular complexity index is 534. The molecule has 2 rings (SSSR count). The summed E-state index contributed by atoms with van der Waals surface area (Å²) in [6.07, 6.45) is 1.82. The molecule has 1 aromatic heterocycles. The molecule has 1 aromatic carbocycles. The maximum atomic E-state index is 11.6. The molecule has 2 aromatic rings. The molecule has 0 bridgehead atoms. The number of aromatic nitrogens is 1. The Morgan fingerprint density at radius 3 is 2.38 bits per heavy atom. The molecule has 0 radical (unpaired) electrons. The van der Waals surface area contributed by atoms with Gasteiger partial charge >= 0.3 is 0 Å². The Morgan fingerprint density at radius 1 is 1.06 bits per heavy atom. The van der Waals surface area contributed by atoms with Gasteiger partial charge in [0.2, 0.25) is 0 Å². The monoisotopic (exact) mass is 213 g/mol. The van der Waals surface area contributed by atoms with Crippen molar-refractivity contribution >= 4 is 0 Å². The highest BCUT2D eigenvalue weighted by molar-refractivity contribution is 5.28. The van der Waals surface area contributed by atoms with Crippen LogP contribution in [0, 0.1) is 13.8 Å². The zero-order valence-corrected chi connectivity index (χ0v) is 9.60. The van der Waals surface area contributed by atoms with Gasteiger partial charge in [-0.15, -0.1) is 0 Å². The van der Waals surface area contributed by atoms with Gasteiger partial charge in [-0.3, -0.25) is 4.79 Å². The summed E-state index contributed by atoms with van der Waals surface area (Å²) in [4.78, 5) is 11.6. The third kappa shape index (κ3) is 2.40. The summed E-state index contributed by atoms with van der Waals surface area (Å²) in [5.41, 5.74) is 3.69. The van der Waals surface area contributed by atoms with Gasteiger partial charge in [0, 0.05) is 12.3 Å². The highest BCUT2D eigenvalue weighted by Gasteiger charge is 1.98. The standard InChI is InChI=1S/C14H15NO/c1-11-7-12(2)9-13(8-11)10-15-6-4-3-5-14(15)16/h3-9H,10H2,1-2H3. The lowest BCUT2D eigenvalue weighted by atomic mass is 10.1. The van der Waals surface area contributed by atoms with Gasteiger partial charge in [0.05, 0.1) is 6.54 Å². The predicted molar refractivity (Wildman–Crippen MR) is 65.7 cm³/mol. The van der Waals surface area contributed by atoms with Crippen molar-refractivity contribution in [1.29, 1.82) is 0 Å². The molecule has 0 atom stereocenters.